The number of hydrogen-bond donors (Lipinski definition) is 0. The lowest BCUT2D eigenvalue weighted by Crippen LogP contribution is -2.08. The summed E-state index contributed by atoms with van der Waals surface area (Å²) in [5, 5.41) is 12.8. The normalized spacial score (nSPS) is 11.7. The summed E-state index contributed by atoms with van der Waals surface area (Å²) in [4.78, 5) is 12.0. The summed E-state index contributed by atoms with van der Waals surface area (Å²) in [5.41, 5.74) is 1.86. The lowest BCUT2D eigenvalue weighted by atomic mass is 10.1. The van der Waals surface area contributed by atoms with Gasteiger partial charge < -0.3 is 4.74 Å². The van der Waals surface area contributed by atoms with Crippen LogP contribution in [0.25, 0.3) is 0 Å². The molecule has 0 aliphatic rings. The topological polar surface area (TPSA) is 67.9 Å². The van der Waals surface area contributed by atoms with E-state index in [1.165, 1.54) is 6.20 Å². The molecule has 1 heterocycles. The number of nitrogens with zero attached hydrogens (tertiary/aromatic N) is 3. The molecule has 1 aromatic carbocycles. The Kier molecular flexibility index (Phi) is 4.16. The molecule has 0 radical (unpaired) electrons. The lowest BCUT2D eigenvalue weighted by molar-refractivity contribution is 0.0338. The Morgan fingerprint density at radius 3 is 2.70 bits per heavy atom. The number of carbonyl (C=O) groups is 1. The van der Waals surface area contributed by atoms with Gasteiger partial charge >= 0.3 is 5.97 Å². The molecule has 102 valence electrons. The Bertz CT molecular complexity index is 638. The highest BCUT2D eigenvalue weighted by atomic mass is 16.5. The first-order chi connectivity index (χ1) is 9.63. The second kappa shape index (κ2) is 6.02. The van der Waals surface area contributed by atoms with Crippen LogP contribution in [-0.2, 0) is 11.3 Å². The van der Waals surface area contributed by atoms with Crippen LogP contribution in [0.2, 0.25) is 0 Å². The van der Waals surface area contributed by atoms with Crippen LogP contribution in [0.1, 0.15) is 41.4 Å². The molecule has 0 bridgehead atoms. The molecule has 0 N–H and O–H groups in total. The largest absolute Gasteiger partial charge is 0.454 e. The van der Waals surface area contributed by atoms with Crippen LogP contribution in [0.4, 0.5) is 0 Å². The molecule has 2 rings (SSSR count). The Labute approximate surface area is 117 Å². The summed E-state index contributed by atoms with van der Waals surface area (Å²) >= 11 is 0. The van der Waals surface area contributed by atoms with E-state index in [1.54, 1.807) is 42.1 Å². The predicted octanol–water partition coefficient (Wildman–Crippen LogP) is 2.69. The third kappa shape index (κ3) is 3.04. The highest BCUT2D eigenvalue weighted by molar-refractivity contribution is 5.88. The summed E-state index contributed by atoms with van der Waals surface area (Å²) in [7, 11) is 0. The Hall–Kier alpha value is -2.61. The Balaban J connectivity index is 2.04. The average molecular weight is 269 g/mol. The van der Waals surface area contributed by atoms with Gasteiger partial charge in [-0.1, -0.05) is 12.1 Å². The van der Waals surface area contributed by atoms with Gasteiger partial charge in [-0.05, 0) is 31.5 Å². The number of benzene rings is 1. The van der Waals surface area contributed by atoms with Gasteiger partial charge in [0.15, 0.2) is 0 Å². The van der Waals surface area contributed by atoms with Gasteiger partial charge in [0.1, 0.15) is 6.10 Å². The van der Waals surface area contributed by atoms with E-state index in [1.807, 2.05) is 6.92 Å². The maximum atomic E-state index is 12.0. The molecule has 20 heavy (non-hydrogen) atoms. The van der Waals surface area contributed by atoms with Crippen LogP contribution in [0, 0.1) is 11.3 Å². The quantitative estimate of drug-likeness (QED) is 0.800. The maximum Gasteiger partial charge on any atom is 0.341 e. The van der Waals surface area contributed by atoms with E-state index >= 15 is 0 Å². The van der Waals surface area contributed by atoms with Crippen molar-refractivity contribution in [1.29, 1.82) is 5.26 Å². The number of aryl methyl sites for hydroxylation is 1. The van der Waals surface area contributed by atoms with Crippen LogP contribution in [-0.4, -0.2) is 15.7 Å². The fourth-order valence-corrected chi connectivity index (χ4v) is 1.77. The van der Waals surface area contributed by atoms with E-state index in [9.17, 15) is 4.79 Å². The Morgan fingerprint density at radius 2 is 2.15 bits per heavy atom. The van der Waals surface area contributed by atoms with Crippen molar-refractivity contribution in [3.05, 3.63) is 53.3 Å². The van der Waals surface area contributed by atoms with Gasteiger partial charge in [-0.3, -0.25) is 4.68 Å². The van der Waals surface area contributed by atoms with E-state index in [2.05, 4.69) is 11.2 Å². The first-order valence-corrected chi connectivity index (χ1v) is 6.37. The summed E-state index contributed by atoms with van der Waals surface area (Å²) < 4.78 is 7.05. The van der Waals surface area contributed by atoms with Gasteiger partial charge in [0.2, 0.25) is 0 Å². The van der Waals surface area contributed by atoms with Crippen LogP contribution in [0.3, 0.4) is 0 Å². The molecule has 1 atom stereocenters. The zero-order valence-electron chi connectivity index (χ0n) is 11.4. The zero-order valence-corrected chi connectivity index (χ0v) is 11.4. The fourth-order valence-electron chi connectivity index (χ4n) is 1.77. The van der Waals surface area contributed by atoms with Gasteiger partial charge in [0.05, 0.1) is 23.4 Å². The van der Waals surface area contributed by atoms with Crippen molar-refractivity contribution in [2.45, 2.75) is 26.5 Å². The minimum atomic E-state index is -0.401. The second-order valence-corrected chi connectivity index (χ2v) is 4.37. The second-order valence-electron chi connectivity index (χ2n) is 4.37. The Morgan fingerprint density at radius 1 is 1.45 bits per heavy atom. The lowest BCUT2D eigenvalue weighted by Gasteiger charge is -2.12. The third-order valence-corrected chi connectivity index (χ3v) is 2.99. The minimum absolute atomic E-state index is 0.375. The number of ether oxygens (including phenoxy) is 1. The van der Waals surface area contributed by atoms with Crippen LogP contribution in [0.5, 0.6) is 0 Å². The van der Waals surface area contributed by atoms with E-state index in [4.69, 9.17) is 10.00 Å². The molecule has 1 aromatic heterocycles. The van der Waals surface area contributed by atoms with Crippen molar-refractivity contribution in [3.8, 4) is 6.07 Å². The maximum absolute atomic E-state index is 12.0. The smallest absolute Gasteiger partial charge is 0.341 e. The molecule has 5 heteroatoms. The molecule has 0 fully saturated rings. The van der Waals surface area contributed by atoms with E-state index in [-0.39, 0.29) is 6.10 Å². The van der Waals surface area contributed by atoms with Crippen molar-refractivity contribution >= 4 is 5.97 Å². The van der Waals surface area contributed by atoms with E-state index in [0.29, 0.717) is 17.7 Å². The summed E-state index contributed by atoms with van der Waals surface area (Å²) in [6.45, 7) is 4.45. The molecule has 0 unspecified atom stereocenters. The van der Waals surface area contributed by atoms with Crippen molar-refractivity contribution in [3.63, 3.8) is 0 Å². The van der Waals surface area contributed by atoms with E-state index < -0.39 is 5.97 Å². The average Bonchev–Trinajstić information content (AvgIpc) is 2.96. The minimum Gasteiger partial charge on any atom is -0.454 e. The van der Waals surface area contributed by atoms with E-state index in [0.717, 1.165) is 5.56 Å². The summed E-state index contributed by atoms with van der Waals surface area (Å²) in [6, 6.07) is 9.02. The molecule has 0 saturated carbocycles. The molecule has 0 spiro atoms. The third-order valence-electron chi connectivity index (χ3n) is 2.99. The van der Waals surface area contributed by atoms with Crippen LogP contribution in [0.15, 0.2) is 36.7 Å². The van der Waals surface area contributed by atoms with Crippen LogP contribution < -0.4 is 0 Å². The van der Waals surface area contributed by atoms with Gasteiger partial charge in [-0.25, -0.2) is 4.79 Å². The number of carbonyl (C=O) groups excluding carboxylic acids is 1. The number of rotatable bonds is 4. The number of hydrogen-bond acceptors (Lipinski definition) is 4. The molecule has 5 nitrogen and oxygen atoms in total. The molecule has 0 saturated heterocycles. The van der Waals surface area contributed by atoms with Crippen molar-refractivity contribution in [2.24, 2.45) is 0 Å². The summed E-state index contributed by atoms with van der Waals surface area (Å²) in [6.07, 6.45) is 2.78. The summed E-state index contributed by atoms with van der Waals surface area (Å²) in [5.74, 6) is -0.401. The molecule has 2 aromatic rings. The van der Waals surface area contributed by atoms with Crippen molar-refractivity contribution < 1.29 is 9.53 Å². The van der Waals surface area contributed by atoms with Gasteiger partial charge in [-0.2, -0.15) is 10.4 Å². The number of aromatic nitrogens is 2. The molecule has 0 aliphatic heterocycles. The highest BCUT2D eigenvalue weighted by Crippen LogP contribution is 2.19. The zero-order chi connectivity index (χ0) is 14.5. The number of esters is 1. The molecular weight excluding hydrogens is 254 g/mol. The first kappa shape index (κ1) is 13.8. The SMILES string of the molecule is CCn1cc(C(=O)O[C@H](C)c2ccc(C#N)cc2)cn1. The van der Waals surface area contributed by atoms with Gasteiger partial charge in [-0.15, -0.1) is 0 Å². The molecular formula is C15H15N3O2. The molecule has 0 aliphatic carbocycles. The van der Waals surface area contributed by atoms with Gasteiger partial charge in [0, 0.05) is 12.7 Å². The van der Waals surface area contributed by atoms with Gasteiger partial charge in [0.25, 0.3) is 0 Å². The standard InChI is InChI=1S/C15H15N3O2/c1-3-18-10-14(9-17-18)15(19)20-11(2)13-6-4-12(8-16)5-7-13/h4-7,9-11H,3H2,1-2H3/t11-/m1/s1. The molecule has 0 amide bonds. The highest BCUT2D eigenvalue weighted by Gasteiger charge is 2.15. The number of nitriles is 1. The van der Waals surface area contributed by atoms with Crippen molar-refractivity contribution in [2.75, 3.05) is 0 Å². The fraction of sp³-hybridized carbons (Fsp3) is 0.267. The van der Waals surface area contributed by atoms with Crippen LogP contribution >= 0.6 is 0 Å². The first-order valence-electron chi connectivity index (χ1n) is 6.37. The monoisotopic (exact) mass is 269 g/mol. The predicted molar refractivity (Wildman–Crippen MR) is 72.9 cm³/mol. The van der Waals surface area contributed by atoms with Crippen molar-refractivity contribution in [1.82, 2.24) is 9.78 Å².